The molecule has 1 aromatic heterocycles. The zero-order valence-electron chi connectivity index (χ0n) is 12.5. The average molecular weight is 393 g/mol. The van der Waals surface area contributed by atoms with E-state index in [9.17, 15) is 9.65 Å². The molecular formula is C18H9Cl3FN3. The summed E-state index contributed by atoms with van der Waals surface area (Å²) in [4.78, 5) is 4.21. The molecule has 0 saturated heterocycles. The van der Waals surface area contributed by atoms with Gasteiger partial charge >= 0.3 is 0 Å². The lowest BCUT2D eigenvalue weighted by Crippen LogP contribution is -2.01. The predicted octanol–water partition coefficient (Wildman–Crippen LogP) is 5.97. The van der Waals surface area contributed by atoms with Crippen molar-refractivity contribution in [3.8, 4) is 28.5 Å². The number of hydrogen-bond acceptors (Lipinski definition) is 3. The number of nitrogens with zero attached hydrogens (tertiary/aromatic N) is 2. The van der Waals surface area contributed by atoms with E-state index in [0.717, 1.165) is 0 Å². The van der Waals surface area contributed by atoms with E-state index in [2.05, 4.69) is 4.98 Å². The molecular weight excluding hydrogens is 384 g/mol. The molecule has 0 aliphatic heterocycles. The van der Waals surface area contributed by atoms with Gasteiger partial charge in [0.25, 0.3) is 0 Å². The highest BCUT2D eigenvalue weighted by Gasteiger charge is 2.19. The lowest BCUT2D eigenvalue weighted by Gasteiger charge is -2.13. The summed E-state index contributed by atoms with van der Waals surface area (Å²) in [6.45, 7) is 0. The number of nitriles is 1. The fraction of sp³-hybridized carbons (Fsp3) is 0. The van der Waals surface area contributed by atoms with E-state index in [1.165, 1.54) is 24.3 Å². The highest BCUT2D eigenvalue weighted by molar-refractivity contribution is 6.36. The Morgan fingerprint density at radius 1 is 1.00 bits per heavy atom. The molecule has 2 aromatic carbocycles. The number of anilines is 1. The van der Waals surface area contributed by atoms with Crippen molar-refractivity contribution in [2.75, 3.05) is 5.73 Å². The monoisotopic (exact) mass is 391 g/mol. The first kappa shape index (κ1) is 17.5. The highest BCUT2D eigenvalue weighted by atomic mass is 35.5. The van der Waals surface area contributed by atoms with E-state index < -0.39 is 5.82 Å². The Morgan fingerprint density at radius 2 is 1.76 bits per heavy atom. The van der Waals surface area contributed by atoms with Gasteiger partial charge in [-0.1, -0.05) is 40.9 Å². The molecule has 3 aromatic rings. The van der Waals surface area contributed by atoms with Gasteiger partial charge in [-0.15, -0.1) is 0 Å². The Bertz CT molecular complexity index is 1010. The lowest BCUT2D eigenvalue weighted by atomic mass is 9.98. The van der Waals surface area contributed by atoms with E-state index in [0.29, 0.717) is 21.3 Å². The van der Waals surface area contributed by atoms with Gasteiger partial charge in [0.1, 0.15) is 23.3 Å². The lowest BCUT2D eigenvalue weighted by molar-refractivity contribution is 0.631. The summed E-state index contributed by atoms with van der Waals surface area (Å²) in [7, 11) is 0. The van der Waals surface area contributed by atoms with Gasteiger partial charge in [0.05, 0.1) is 15.7 Å². The van der Waals surface area contributed by atoms with Crippen molar-refractivity contribution < 1.29 is 4.39 Å². The first-order valence-corrected chi connectivity index (χ1v) is 8.16. The number of nitrogens with two attached hydrogens (primary N) is 1. The Labute approximate surface area is 158 Å². The van der Waals surface area contributed by atoms with Crippen LogP contribution in [0, 0.1) is 17.1 Å². The molecule has 0 aliphatic rings. The molecule has 0 spiro atoms. The molecule has 124 valence electrons. The largest absolute Gasteiger partial charge is 0.383 e. The SMILES string of the molecule is N#Cc1c(-c2c(F)cccc2Cl)cc(-c2ccc(Cl)cc2Cl)nc1N. The number of pyridine rings is 1. The summed E-state index contributed by atoms with van der Waals surface area (Å²) in [6, 6.07) is 12.6. The van der Waals surface area contributed by atoms with Crippen LogP contribution in [-0.4, -0.2) is 4.98 Å². The van der Waals surface area contributed by atoms with Gasteiger partial charge in [-0.25, -0.2) is 9.37 Å². The van der Waals surface area contributed by atoms with E-state index in [-0.39, 0.29) is 27.5 Å². The molecule has 0 aliphatic carbocycles. The minimum Gasteiger partial charge on any atom is -0.383 e. The normalized spacial score (nSPS) is 10.5. The fourth-order valence-electron chi connectivity index (χ4n) is 2.47. The standard InChI is InChI=1S/C18H9Cl3FN3/c19-9-4-5-10(14(21)6-9)16-7-11(12(8-23)18(24)25-16)17-13(20)2-1-3-15(17)22/h1-7H,(H2,24,25). The van der Waals surface area contributed by atoms with Gasteiger partial charge in [-0.05, 0) is 36.4 Å². The Balaban J connectivity index is 2.33. The second-order valence-corrected chi connectivity index (χ2v) is 6.40. The van der Waals surface area contributed by atoms with Crippen LogP contribution in [0.2, 0.25) is 15.1 Å². The number of rotatable bonds is 2. The molecule has 7 heteroatoms. The van der Waals surface area contributed by atoms with Crippen molar-refractivity contribution in [2.24, 2.45) is 0 Å². The van der Waals surface area contributed by atoms with Crippen LogP contribution in [0.5, 0.6) is 0 Å². The Kier molecular flexibility index (Phi) is 4.82. The van der Waals surface area contributed by atoms with Gasteiger partial charge in [-0.2, -0.15) is 5.26 Å². The van der Waals surface area contributed by atoms with Crippen molar-refractivity contribution in [3.63, 3.8) is 0 Å². The number of halogens is 4. The molecule has 0 fully saturated rings. The van der Waals surface area contributed by atoms with Crippen LogP contribution in [-0.2, 0) is 0 Å². The van der Waals surface area contributed by atoms with Gasteiger partial charge < -0.3 is 5.73 Å². The molecule has 0 bridgehead atoms. The fourth-order valence-corrected chi connectivity index (χ4v) is 3.24. The first-order chi connectivity index (χ1) is 11.9. The van der Waals surface area contributed by atoms with Crippen molar-refractivity contribution >= 4 is 40.6 Å². The van der Waals surface area contributed by atoms with Crippen LogP contribution < -0.4 is 5.73 Å². The van der Waals surface area contributed by atoms with Crippen molar-refractivity contribution in [2.45, 2.75) is 0 Å². The Morgan fingerprint density at radius 3 is 2.40 bits per heavy atom. The summed E-state index contributed by atoms with van der Waals surface area (Å²) >= 11 is 18.3. The molecule has 0 saturated carbocycles. The van der Waals surface area contributed by atoms with Gasteiger partial charge in [0, 0.05) is 21.7 Å². The van der Waals surface area contributed by atoms with E-state index >= 15 is 0 Å². The number of nitrogen functional groups attached to an aromatic ring is 1. The topological polar surface area (TPSA) is 62.7 Å². The predicted molar refractivity (Wildman–Crippen MR) is 99.2 cm³/mol. The van der Waals surface area contributed by atoms with E-state index in [1.807, 2.05) is 6.07 Å². The smallest absolute Gasteiger partial charge is 0.142 e. The van der Waals surface area contributed by atoms with Crippen molar-refractivity contribution in [3.05, 3.63) is 68.9 Å². The third kappa shape index (κ3) is 3.27. The molecule has 0 atom stereocenters. The van der Waals surface area contributed by atoms with Crippen LogP contribution >= 0.6 is 34.8 Å². The van der Waals surface area contributed by atoms with Gasteiger partial charge in [0.15, 0.2) is 0 Å². The quantitative estimate of drug-likeness (QED) is 0.584. The molecule has 0 unspecified atom stereocenters. The van der Waals surface area contributed by atoms with Crippen molar-refractivity contribution in [1.82, 2.24) is 4.98 Å². The molecule has 0 amide bonds. The maximum absolute atomic E-state index is 14.4. The summed E-state index contributed by atoms with van der Waals surface area (Å²) in [5.41, 5.74) is 7.23. The van der Waals surface area contributed by atoms with Crippen LogP contribution in [0.4, 0.5) is 10.2 Å². The van der Waals surface area contributed by atoms with Gasteiger partial charge in [-0.3, -0.25) is 0 Å². The summed E-state index contributed by atoms with van der Waals surface area (Å²) in [5.74, 6) is -0.608. The minimum absolute atomic E-state index is 0.0414. The number of hydrogen-bond donors (Lipinski definition) is 1. The summed E-state index contributed by atoms with van der Waals surface area (Å²) in [5, 5.41) is 10.4. The molecule has 1 heterocycles. The van der Waals surface area contributed by atoms with Crippen LogP contribution in [0.25, 0.3) is 22.4 Å². The zero-order chi connectivity index (χ0) is 18.1. The first-order valence-electron chi connectivity index (χ1n) is 7.02. The third-order valence-corrected chi connectivity index (χ3v) is 4.46. The summed E-state index contributed by atoms with van der Waals surface area (Å²) < 4.78 is 14.4. The Hall–Kier alpha value is -2.32. The number of aromatic nitrogens is 1. The van der Waals surface area contributed by atoms with Crippen molar-refractivity contribution in [1.29, 1.82) is 5.26 Å². The second kappa shape index (κ2) is 6.89. The molecule has 0 radical (unpaired) electrons. The maximum atomic E-state index is 14.4. The molecule has 3 nitrogen and oxygen atoms in total. The molecule has 3 rings (SSSR count). The maximum Gasteiger partial charge on any atom is 0.142 e. The summed E-state index contributed by atoms with van der Waals surface area (Å²) in [6.07, 6.45) is 0. The minimum atomic E-state index is -0.567. The third-order valence-electron chi connectivity index (χ3n) is 3.60. The molecule has 2 N–H and O–H groups in total. The van der Waals surface area contributed by atoms with Crippen LogP contribution in [0.15, 0.2) is 42.5 Å². The van der Waals surface area contributed by atoms with Crippen LogP contribution in [0.3, 0.4) is 0 Å². The van der Waals surface area contributed by atoms with Crippen LogP contribution in [0.1, 0.15) is 5.56 Å². The highest BCUT2D eigenvalue weighted by Crippen LogP contribution is 2.38. The van der Waals surface area contributed by atoms with E-state index in [1.54, 1.807) is 18.2 Å². The molecule has 25 heavy (non-hydrogen) atoms. The van der Waals surface area contributed by atoms with E-state index in [4.69, 9.17) is 40.5 Å². The average Bonchev–Trinajstić information content (AvgIpc) is 2.54. The van der Waals surface area contributed by atoms with Gasteiger partial charge in [0.2, 0.25) is 0 Å². The zero-order valence-corrected chi connectivity index (χ0v) is 14.8. The second-order valence-electron chi connectivity index (χ2n) is 5.15. The number of benzene rings is 2.